The number of alkyl halides is 3. The van der Waals surface area contributed by atoms with E-state index in [0.29, 0.717) is 18.4 Å². The molecule has 0 aliphatic carbocycles. The number of para-hydroxylation sites is 1. The summed E-state index contributed by atoms with van der Waals surface area (Å²) in [5.74, 6) is 0. The Morgan fingerprint density at radius 1 is 1.25 bits per heavy atom. The van der Waals surface area contributed by atoms with Crippen molar-refractivity contribution in [1.29, 1.82) is 0 Å². The summed E-state index contributed by atoms with van der Waals surface area (Å²) in [4.78, 5) is 2.77. The summed E-state index contributed by atoms with van der Waals surface area (Å²) in [5, 5.41) is 0.568. The standard InChI is InChI=1S/C11H11F3N2/c12-11(13,14)9-3-1-2-7-6-8(4-5-15)16-10(7)9/h1-3,6,16H,4-5,15H2. The molecular formula is C11H11F3N2. The van der Waals surface area contributed by atoms with Crippen LogP contribution < -0.4 is 5.73 Å². The number of halogens is 3. The third kappa shape index (κ3) is 1.90. The van der Waals surface area contributed by atoms with Gasteiger partial charge < -0.3 is 10.7 Å². The molecule has 1 heterocycles. The number of hydrogen-bond donors (Lipinski definition) is 2. The Balaban J connectivity index is 2.59. The highest BCUT2D eigenvalue weighted by Crippen LogP contribution is 2.34. The molecule has 0 radical (unpaired) electrons. The van der Waals surface area contributed by atoms with Crippen molar-refractivity contribution in [2.24, 2.45) is 5.73 Å². The second-order valence-electron chi connectivity index (χ2n) is 3.60. The molecule has 16 heavy (non-hydrogen) atoms. The molecule has 1 aromatic heterocycles. The average molecular weight is 228 g/mol. The van der Waals surface area contributed by atoms with E-state index in [1.807, 2.05) is 0 Å². The predicted molar refractivity (Wildman–Crippen MR) is 56.1 cm³/mol. The Morgan fingerprint density at radius 2 is 2.00 bits per heavy atom. The first kappa shape index (κ1) is 11.0. The Morgan fingerprint density at radius 3 is 2.62 bits per heavy atom. The van der Waals surface area contributed by atoms with Gasteiger partial charge in [0.05, 0.1) is 11.1 Å². The molecular weight excluding hydrogens is 217 g/mol. The third-order valence-electron chi connectivity index (χ3n) is 2.43. The minimum absolute atomic E-state index is 0.137. The molecule has 2 rings (SSSR count). The van der Waals surface area contributed by atoms with Gasteiger partial charge in [-0.15, -0.1) is 0 Å². The first-order valence-corrected chi connectivity index (χ1v) is 4.90. The number of benzene rings is 1. The summed E-state index contributed by atoms with van der Waals surface area (Å²) >= 11 is 0. The molecule has 0 atom stereocenters. The van der Waals surface area contributed by atoms with Crippen molar-refractivity contribution >= 4 is 10.9 Å². The normalized spacial score (nSPS) is 12.2. The Hall–Kier alpha value is -1.49. The third-order valence-corrected chi connectivity index (χ3v) is 2.43. The zero-order chi connectivity index (χ0) is 11.8. The fraction of sp³-hybridized carbons (Fsp3) is 0.273. The second-order valence-corrected chi connectivity index (χ2v) is 3.60. The van der Waals surface area contributed by atoms with Crippen LogP contribution in [0.2, 0.25) is 0 Å². The smallest absolute Gasteiger partial charge is 0.358 e. The summed E-state index contributed by atoms with van der Waals surface area (Å²) in [6.45, 7) is 0.411. The van der Waals surface area contributed by atoms with E-state index in [2.05, 4.69) is 4.98 Å². The first-order valence-electron chi connectivity index (χ1n) is 4.90. The number of nitrogens with two attached hydrogens (primary N) is 1. The molecule has 0 aliphatic heterocycles. The fourth-order valence-corrected chi connectivity index (χ4v) is 1.74. The molecule has 86 valence electrons. The Labute approximate surface area is 90.3 Å². The van der Waals surface area contributed by atoms with Gasteiger partial charge in [-0.05, 0) is 25.1 Å². The van der Waals surface area contributed by atoms with Gasteiger partial charge in [-0.25, -0.2) is 0 Å². The Bertz CT molecular complexity index is 499. The first-order chi connectivity index (χ1) is 7.52. The van der Waals surface area contributed by atoms with E-state index < -0.39 is 11.7 Å². The summed E-state index contributed by atoms with van der Waals surface area (Å²) in [5.41, 5.74) is 5.60. The molecule has 2 nitrogen and oxygen atoms in total. The maximum absolute atomic E-state index is 12.7. The van der Waals surface area contributed by atoms with Gasteiger partial charge in [-0.3, -0.25) is 0 Å². The largest absolute Gasteiger partial charge is 0.418 e. The molecule has 0 saturated heterocycles. The summed E-state index contributed by atoms with van der Waals surface area (Å²) in [6.07, 6.45) is -3.78. The quantitative estimate of drug-likeness (QED) is 0.815. The van der Waals surface area contributed by atoms with Crippen molar-refractivity contribution < 1.29 is 13.2 Å². The van der Waals surface area contributed by atoms with Crippen molar-refractivity contribution in [3.8, 4) is 0 Å². The summed E-state index contributed by atoms with van der Waals surface area (Å²) < 4.78 is 38.0. The molecule has 2 aromatic rings. The average Bonchev–Trinajstić information content (AvgIpc) is 2.58. The van der Waals surface area contributed by atoms with E-state index in [1.165, 1.54) is 6.07 Å². The topological polar surface area (TPSA) is 41.8 Å². The van der Waals surface area contributed by atoms with Gasteiger partial charge in [0.2, 0.25) is 0 Å². The van der Waals surface area contributed by atoms with Crippen molar-refractivity contribution in [2.75, 3.05) is 6.54 Å². The van der Waals surface area contributed by atoms with E-state index in [9.17, 15) is 13.2 Å². The van der Waals surface area contributed by atoms with E-state index in [0.717, 1.165) is 11.8 Å². The second kappa shape index (κ2) is 3.83. The number of H-pyrrole nitrogens is 1. The van der Waals surface area contributed by atoms with Gasteiger partial charge in [0.15, 0.2) is 0 Å². The summed E-state index contributed by atoms with van der Waals surface area (Å²) in [7, 11) is 0. The maximum atomic E-state index is 12.7. The fourth-order valence-electron chi connectivity index (χ4n) is 1.74. The molecule has 1 aromatic carbocycles. The lowest BCUT2D eigenvalue weighted by Gasteiger charge is -2.07. The van der Waals surface area contributed by atoms with Gasteiger partial charge in [-0.2, -0.15) is 13.2 Å². The SMILES string of the molecule is NCCc1cc2cccc(C(F)(F)F)c2[nH]1. The maximum Gasteiger partial charge on any atom is 0.418 e. The van der Waals surface area contributed by atoms with Gasteiger partial charge >= 0.3 is 6.18 Å². The van der Waals surface area contributed by atoms with Crippen LogP contribution in [0.3, 0.4) is 0 Å². The van der Waals surface area contributed by atoms with Crippen LogP contribution in [0, 0.1) is 0 Å². The zero-order valence-electron chi connectivity index (χ0n) is 8.43. The van der Waals surface area contributed by atoms with Crippen LogP contribution in [-0.2, 0) is 12.6 Å². The molecule has 0 amide bonds. The molecule has 0 bridgehead atoms. The van der Waals surface area contributed by atoms with Crippen LogP contribution in [0.5, 0.6) is 0 Å². The van der Waals surface area contributed by atoms with Gasteiger partial charge in [0, 0.05) is 11.1 Å². The van der Waals surface area contributed by atoms with Crippen LogP contribution in [0.4, 0.5) is 13.2 Å². The van der Waals surface area contributed by atoms with E-state index in [4.69, 9.17) is 5.73 Å². The number of aromatic nitrogens is 1. The van der Waals surface area contributed by atoms with Crippen LogP contribution in [0.25, 0.3) is 10.9 Å². The highest BCUT2D eigenvalue weighted by Gasteiger charge is 2.32. The lowest BCUT2D eigenvalue weighted by Crippen LogP contribution is -2.06. The van der Waals surface area contributed by atoms with Gasteiger partial charge in [0.25, 0.3) is 0 Å². The number of aromatic amines is 1. The predicted octanol–water partition coefficient (Wildman–Crippen LogP) is 2.69. The van der Waals surface area contributed by atoms with Gasteiger partial charge in [0.1, 0.15) is 0 Å². The van der Waals surface area contributed by atoms with Crippen molar-refractivity contribution in [1.82, 2.24) is 4.98 Å². The van der Waals surface area contributed by atoms with Crippen LogP contribution in [0.15, 0.2) is 24.3 Å². The minimum Gasteiger partial charge on any atom is -0.358 e. The van der Waals surface area contributed by atoms with E-state index >= 15 is 0 Å². The van der Waals surface area contributed by atoms with Crippen molar-refractivity contribution in [3.05, 3.63) is 35.5 Å². The Kier molecular flexibility index (Phi) is 2.63. The minimum atomic E-state index is -4.33. The molecule has 0 spiro atoms. The lowest BCUT2D eigenvalue weighted by molar-refractivity contribution is -0.136. The van der Waals surface area contributed by atoms with Gasteiger partial charge in [-0.1, -0.05) is 12.1 Å². The summed E-state index contributed by atoms with van der Waals surface area (Å²) in [6, 6.07) is 5.84. The van der Waals surface area contributed by atoms with E-state index in [-0.39, 0.29) is 5.52 Å². The highest BCUT2D eigenvalue weighted by atomic mass is 19.4. The number of fused-ring (bicyclic) bond motifs is 1. The number of hydrogen-bond acceptors (Lipinski definition) is 1. The van der Waals surface area contributed by atoms with E-state index in [1.54, 1.807) is 12.1 Å². The monoisotopic (exact) mass is 228 g/mol. The molecule has 0 aliphatic rings. The number of nitrogens with one attached hydrogen (secondary N) is 1. The number of rotatable bonds is 2. The molecule has 3 N–H and O–H groups in total. The molecule has 0 unspecified atom stereocenters. The van der Waals surface area contributed by atoms with Crippen LogP contribution in [-0.4, -0.2) is 11.5 Å². The molecule has 5 heteroatoms. The highest BCUT2D eigenvalue weighted by molar-refractivity contribution is 5.84. The van der Waals surface area contributed by atoms with Crippen molar-refractivity contribution in [3.63, 3.8) is 0 Å². The molecule has 0 fully saturated rings. The zero-order valence-corrected chi connectivity index (χ0v) is 8.43. The molecule has 0 saturated carbocycles. The lowest BCUT2D eigenvalue weighted by atomic mass is 10.1. The van der Waals surface area contributed by atoms with Crippen LogP contribution >= 0.6 is 0 Å². The van der Waals surface area contributed by atoms with Crippen molar-refractivity contribution in [2.45, 2.75) is 12.6 Å². The van der Waals surface area contributed by atoms with Crippen LogP contribution in [0.1, 0.15) is 11.3 Å².